The van der Waals surface area contributed by atoms with Crippen LogP contribution in [0.1, 0.15) is 143 Å². The third-order valence-corrected chi connectivity index (χ3v) is 6.42. The predicted molar refractivity (Wildman–Crippen MR) is 135 cm³/mol. The van der Waals surface area contributed by atoms with Gasteiger partial charge in [0.25, 0.3) is 0 Å². The van der Waals surface area contributed by atoms with E-state index in [9.17, 15) is 14.7 Å². The van der Waals surface area contributed by atoms with Crippen molar-refractivity contribution in [3.8, 4) is 0 Å². The maximum absolute atomic E-state index is 13.0. The highest BCUT2D eigenvalue weighted by Gasteiger charge is 2.22. The fourth-order valence-electron chi connectivity index (χ4n) is 4.11. The summed E-state index contributed by atoms with van der Waals surface area (Å²) in [5.41, 5.74) is 0.715. The number of hydrogen-bond acceptors (Lipinski definition) is 3. The first-order chi connectivity index (χ1) is 15.5. The van der Waals surface area contributed by atoms with Crippen molar-refractivity contribution >= 4 is 11.9 Å². The molecule has 188 valence electrons. The van der Waals surface area contributed by atoms with Crippen molar-refractivity contribution in [3.05, 3.63) is 11.1 Å². The van der Waals surface area contributed by atoms with E-state index in [0.717, 1.165) is 64.2 Å². The number of unbranched alkanes of at least 4 members (excludes halogenated alkanes) is 11. The Morgan fingerprint density at radius 3 is 1.59 bits per heavy atom. The molecule has 0 aliphatic rings. The molecule has 0 fully saturated rings. The van der Waals surface area contributed by atoms with Gasteiger partial charge in [0.2, 0.25) is 0 Å². The third kappa shape index (κ3) is 15.5. The smallest absolute Gasteiger partial charge is 0.334 e. The minimum absolute atomic E-state index is 0.292. The molecule has 0 aliphatic carbocycles. The second kappa shape index (κ2) is 21.5. The first-order valence-corrected chi connectivity index (χ1v) is 13.6. The number of carbonyl (C=O) groups excluding carboxylic acids is 1. The van der Waals surface area contributed by atoms with Gasteiger partial charge in [-0.15, -0.1) is 0 Å². The van der Waals surface area contributed by atoms with Gasteiger partial charge in [-0.05, 0) is 38.0 Å². The molecule has 0 aromatic heterocycles. The average Bonchev–Trinajstić information content (AvgIpc) is 2.78. The quantitative estimate of drug-likeness (QED) is 0.101. The van der Waals surface area contributed by atoms with Crippen LogP contribution in [0.3, 0.4) is 0 Å². The van der Waals surface area contributed by atoms with Crippen LogP contribution in [0.25, 0.3) is 0 Å². The van der Waals surface area contributed by atoms with Gasteiger partial charge in [-0.25, -0.2) is 9.59 Å². The Morgan fingerprint density at radius 2 is 1.12 bits per heavy atom. The molecule has 0 rings (SSSR count). The van der Waals surface area contributed by atoms with Gasteiger partial charge in [0.05, 0.1) is 6.61 Å². The standard InChI is InChI=1S/C28H52O4/c1-5-9-12-14-16-18-21-25(27(29)30)26(22-19-17-15-13-10-6-2)28(31)32-23-24(8-4)20-11-7-3/h24H,5-23H2,1-4H3,(H,29,30). The Labute approximate surface area is 198 Å². The van der Waals surface area contributed by atoms with E-state index < -0.39 is 11.9 Å². The number of rotatable bonds is 22. The molecule has 32 heavy (non-hydrogen) atoms. The number of aliphatic carboxylic acids is 1. The summed E-state index contributed by atoms with van der Waals surface area (Å²) >= 11 is 0. The summed E-state index contributed by atoms with van der Waals surface area (Å²) in [5.74, 6) is -0.979. The molecule has 0 aromatic carbocycles. The Balaban J connectivity index is 5.09. The van der Waals surface area contributed by atoms with Crippen LogP contribution in [-0.2, 0) is 14.3 Å². The topological polar surface area (TPSA) is 63.6 Å². The van der Waals surface area contributed by atoms with E-state index in [-0.39, 0.29) is 0 Å². The fourth-order valence-corrected chi connectivity index (χ4v) is 4.11. The lowest BCUT2D eigenvalue weighted by Crippen LogP contribution is -2.19. The molecule has 0 amide bonds. The molecule has 0 spiro atoms. The number of ether oxygens (including phenoxy) is 1. The Bertz CT molecular complexity index is 510. The average molecular weight is 453 g/mol. The Hall–Kier alpha value is -1.32. The van der Waals surface area contributed by atoms with Gasteiger partial charge in [-0.2, -0.15) is 0 Å². The SMILES string of the molecule is CCCCCCCCC(C(=O)O)=C(CCCCCCCC)C(=O)OCC(CC)CCCC. The van der Waals surface area contributed by atoms with E-state index in [2.05, 4.69) is 27.7 Å². The minimum atomic E-state index is -0.950. The zero-order valence-electron chi connectivity index (χ0n) is 21.7. The second-order valence-electron chi connectivity index (χ2n) is 9.31. The van der Waals surface area contributed by atoms with E-state index in [1.54, 1.807) is 0 Å². The minimum Gasteiger partial charge on any atom is -0.478 e. The van der Waals surface area contributed by atoms with Crippen molar-refractivity contribution < 1.29 is 19.4 Å². The number of carboxylic acids is 1. The van der Waals surface area contributed by atoms with E-state index >= 15 is 0 Å². The maximum Gasteiger partial charge on any atom is 0.334 e. The van der Waals surface area contributed by atoms with Gasteiger partial charge >= 0.3 is 11.9 Å². The molecular weight excluding hydrogens is 400 g/mol. The first kappa shape index (κ1) is 30.7. The largest absolute Gasteiger partial charge is 0.478 e. The highest BCUT2D eigenvalue weighted by molar-refractivity contribution is 5.99. The van der Waals surface area contributed by atoms with Gasteiger partial charge in [0.15, 0.2) is 0 Å². The predicted octanol–water partition coefficient (Wildman–Crippen LogP) is 8.63. The summed E-state index contributed by atoms with van der Waals surface area (Å²) in [6.07, 6.45) is 18.6. The van der Waals surface area contributed by atoms with Crippen LogP contribution in [0, 0.1) is 5.92 Å². The molecule has 0 aromatic rings. The van der Waals surface area contributed by atoms with Crippen LogP contribution < -0.4 is 0 Å². The molecule has 0 radical (unpaired) electrons. The van der Waals surface area contributed by atoms with Crippen molar-refractivity contribution in [2.24, 2.45) is 5.92 Å². The summed E-state index contributed by atoms with van der Waals surface area (Å²) in [4.78, 5) is 25.0. The van der Waals surface area contributed by atoms with E-state index in [0.29, 0.717) is 36.5 Å². The summed E-state index contributed by atoms with van der Waals surface area (Å²) in [7, 11) is 0. The van der Waals surface area contributed by atoms with Crippen LogP contribution in [0.2, 0.25) is 0 Å². The van der Waals surface area contributed by atoms with Crippen molar-refractivity contribution in [1.82, 2.24) is 0 Å². The second-order valence-corrected chi connectivity index (χ2v) is 9.31. The van der Waals surface area contributed by atoms with Crippen molar-refractivity contribution in [2.45, 2.75) is 143 Å². The number of carbonyl (C=O) groups is 2. The summed E-state index contributed by atoms with van der Waals surface area (Å²) < 4.78 is 5.68. The molecule has 0 heterocycles. The lowest BCUT2D eigenvalue weighted by Gasteiger charge is -2.17. The molecule has 0 saturated carbocycles. The van der Waals surface area contributed by atoms with Gasteiger partial charge in [0, 0.05) is 11.1 Å². The third-order valence-electron chi connectivity index (χ3n) is 6.42. The number of esters is 1. The van der Waals surface area contributed by atoms with Gasteiger partial charge < -0.3 is 9.84 Å². The molecule has 1 atom stereocenters. The van der Waals surface area contributed by atoms with E-state index in [1.165, 1.54) is 38.5 Å². The Morgan fingerprint density at radius 1 is 0.656 bits per heavy atom. The summed E-state index contributed by atoms with van der Waals surface area (Å²) in [6.45, 7) is 9.09. The molecule has 0 saturated heterocycles. The fraction of sp³-hybridized carbons (Fsp3) is 0.857. The molecule has 1 N–H and O–H groups in total. The lowest BCUT2D eigenvalue weighted by molar-refractivity contribution is -0.142. The van der Waals surface area contributed by atoms with E-state index in [1.807, 2.05) is 0 Å². The van der Waals surface area contributed by atoms with Crippen LogP contribution in [0.4, 0.5) is 0 Å². The molecule has 1 unspecified atom stereocenters. The molecule has 4 nitrogen and oxygen atoms in total. The zero-order chi connectivity index (χ0) is 24.0. The summed E-state index contributed by atoms with van der Waals surface area (Å²) in [6, 6.07) is 0. The lowest BCUT2D eigenvalue weighted by atomic mass is 9.96. The van der Waals surface area contributed by atoms with Crippen LogP contribution in [0.15, 0.2) is 11.1 Å². The summed E-state index contributed by atoms with van der Waals surface area (Å²) in [5, 5.41) is 9.88. The first-order valence-electron chi connectivity index (χ1n) is 13.6. The molecular formula is C28H52O4. The van der Waals surface area contributed by atoms with Crippen LogP contribution in [-0.4, -0.2) is 23.7 Å². The van der Waals surface area contributed by atoms with Crippen molar-refractivity contribution in [1.29, 1.82) is 0 Å². The van der Waals surface area contributed by atoms with Gasteiger partial charge in [0.1, 0.15) is 0 Å². The maximum atomic E-state index is 13.0. The number of hydrogen-bond donors (Lipinski definition) is 1. The van der Waals surface area contributed by atoms with Crippen molar-refractivity contribution in [2.75, 3.05) is 6.61 Å². The molecule has 4 heteroatoms. The van der Waals surface area contributed by atoms with Crippen LogP contribution >= 0.6 is 0 Å². The molecule has 0 aliphatic heterocycles. The van der Waals surface area contributed by atoms with E-state index in [4.69, 9.17) is 4.74 Å². The highest BCUT2D eigenvalue weighted by atomic mass is 16.5. The zero-order valence-corrected chi connectivity index (χ0v) is 21.7. The van der Waals surface area contributed by atoms with Gasteiger partial charge in [-0.1, -0.05) is 111 Å². The number of carboxylic acid groups (broad SMARTS) is 1. The normalized spacial score (nSPS) is 13.0. The van der Waals surface area contributed by atoms with Crippen LogP contribution in [0.5, 0.6) is 0 Å². The Kier molecular flexibility index (Phi) is 20.6. The van der Waals surface area contributed by atoms with Crippen molar-refractivity contribution in [3.63, 3.8) is 0 Å². The highest BCUT2D eigenvalue weighted by Crippen LogP contribution is 2.23. The monoisotopic (exact) mass is 452 g/mol. The van der Waals surface area contributed by atoms with Gasteiger partial charge in [-0.3, -0.25) is 0 Å². The molecule has 0 bridgehead atoms.